The summed E-state index contributed by atoms with van der Waals surface area (Å²) in [5.74, 6) is -0.0263. The predicted molar refractivity (Wildman–Crippen MR) is 110 cm³/mol. The Morgan fingerprint density at radius 3 is 2.70 bits per heavy atom. The molecule has 0 atom stereocenters. The lowest BCUT2D eigenvalue weighted by Gasteiger charge is -2.12. The number of benzene rings is 2. The Morgan fingerprint density at radius 1 is 1.11 bits per heavy atom. The molecule has 2 aromatic heterocycles. The minimum absolute atomic E-state index is 0.0263. The minimum Gasteiger partial charge on any atom is -0.350 e. The summed E-state index contributed by atoms with van der Waals surface area (Å²) < 4.78 is 4.88. The maximum Gasteiger partial charge on any atom is 0.240 e. The molecule has 0 radical (unpaired) electrons. The van der Waals surface area contributed by atoms with Gasteiger partial charge in [-0.3, -0.25) is 4.79 Å². The molecule has 0 saturated carbocycles. The molecule has 4 rings (SSSR count). The van der Waals surface area contributed by atoms with E-state index < -0.39 is 0 Å². The molecule has 0 saturated heterocycles. The van der Waals surface area contributed by atoms with Crippen LogP contribution < -0.4 is 5.32 Å². The van der Waals surface area contributed by atoms with E-state index in [1.165, 1.54) is 0 Å². The molecule has 0 aliphatic rings. The van der Waals surface area contributed by atoms with Gasteiger partial charge in [0.05, 0.1) is 5.69 Å². The first kappa shape index (κ1) is 17.5. The van der Waals surface area contributed by atoms with Crippen LogP contribution in [0.5, 0.6) is 0 Å². The number of hydrogen-bond donors (Lipinski definition) is 1. The SMILES string of the molecule is Cc1c(Br)c2ccccc2n1CC(=O)NCc1ccccc1-n1cccn1. The van der Waals surface area contributed by atoms with Crippen LogP contribution in [0.3, 0.4) is 0 Å². The molecule has 2 aromatic carbocycles. The maximum atomic E-state index is 12.6. The number of amides is 1. The van der Waals surface area contributed by atoms with Gasteiger partial charge >= 0.3 is 0 Å². The van der Waals surface area contributed by atoms with E-state index in [9.17, 15) is 4.79 Å². The van der Waals surface area contributed by atoms with Gasteiger partial charge < -0.3 is 9.88 Å². The van der Waals surface area contributed by atoms with E-state index in [-0.39, 0.29) is 12.5 Å². The summed E-state index contributed by atoms with van der Waals surface area (Å²) >= 11 is 3.64. The van der Waals surface area contributed by atoms with Crippen molar-refractivity contribution in [1.29, 1.82) is 0 Å². The van der Waals surface area contributed by atoms with Crippen molar-refractivity contribution in [3.63, 3.8) is 0 Å². The normalized spacial score (nSPS) is 11.0. The van der Waals surface area contributed by atoms with Gasteiger partial charge in [-0.05, 0) is 46.6 Å². The summed E-state index contributed by atoms with van der Waals surface area (Å²) in [6, 6.07) is 17.9. The van der Waals surface area contributed by atoms with Crippen LogP contribution in [-0.2, 0) is 17.9 Å². The number of halogens is 1. The highest BCUT2D eigenvalue weighted by Crippen LogP contribution is 2.30. The van der Waals surface area contributed by atoms with Gasteiger partial charge in [0.1, 0.15) is 6.54 Å². The fraction of sp³-hybridized carbons (Fsp3) is 0.143. The number of carbonyl (C=O) groups excluding carboxylic acids is 1. The first-order valence-electron chi connectivity index (χ1n) is 8.73. The van der Waals surface area contributed by atoms with Crippen LogP contribution in [-0.4, -0.2) is 20.3 Å². The van der Waals surface area contributed by atoms with Crippen molar-refractivity contribution in [2.24, 2.45) is 0 Å². The average Bonchev–Trinajstić information content (AvgIpc) is 3.31. The summed E-state index contributed by atoms with van der Waals surface area (Å²) in [5.41, 5.74) is 4.08. The zero-order valence-corrected chi connectivity index (χ0v) is 16.5. The molecule has 136 valence electrons. The largest absolute Gasteiger partial charge is 0.350 e. The molecular formula is C21H19BrN4O. The van der Waals surface area contributed by atoms with E-state index in [0.29, 0.717) is 6.54 Å². The first-order chi connectivity index (χ1) is 13.1. The van der Waals surface area contributed by atoms with E-state index >= 15 is 0 Å². The van der Waals surface area contributed by atoms with Gasteiger partial charge in [-0.15, -0.1) is 0 Å². The second-order valence-corrected chi connectivity index (χ2v) is 7.15. The zero-order valence-electron chi connectivity index (χ0n) is 14.9. The third-order valence-electron chi connectivity index (χ3n) is 4.67. The molecule has 1 amide bonds. The quantitative estimate of drug-likeness (QED) is 0.523. The third-order valence-corrected chi connectivity index (χ3v) is 5.68. The highest BCUT2D eigenvalue weighted by Gasteiger charge is 2.14. The minimum atomic E-state index is -0.0263. The summed E-state index contributed by atoms with van der Waals surface area (Å²) in [4.78, 5) is 12.6. The van der Waals surface area contributed by atoms with E-state index in [1.54, 1.807) is 6.20 Å². The molecule has 0 aliphatic heterocycles. The Bertz CT molecular complexity index is 1100. The van der Waals surface area contributed by atoms with Gasteiger partial charge in [-0.25, -0.2) is 4.68 Å². The van der Waals surface area contributed by atoms with Crippen LogP contribution in [0.4, 0.5) is 0 Å². The van der Waals surface area contributed by atoms with Crippen LogP contribution in [0.25, 0.3) is 16.6 Å². The van der Waals surface area contributed by atoms with Gasteiger partial charge in [0.2, 0.25) is 5.91 Å². The first-order valence-corrected chi connectivity index (χ1v) is 9.52. The number of nitrogens with zero attached hydrogens (tertiary/aromatic N) is 3. The molecule has 5 nitrogen and oxygen atoms in total. The van der Waals surface area contributed by atoms with Crippen molar-refractivity contribution in [1.82, 2.24) is 19.7 Å². The fourth-order valence-electron chi connectivity index (χ4n) is 3.28. The second kappa shape index (κ2) is 7.40. The Morgan fingerprint density at radius 2 is 1.89 bits per heavy atom. The second-order valence-electron chi connectivity index (χ2n) is 6.36. The van der Waals surface area contributed by atoms with Gasteiger partial charge in [-0.2, -0.15) is 5.10 Å². The van der Waals surface area contributed by atoms with Crippen molar-refractivity contribution in [3.8, 4) is 5.69 Å². The van der Waals surface area contributed by atoms with Crippen molar-refractivity contribution in [3.05, 3.63) is 82.7 Å². The number of carbonyl (C=O) groups is 1. The average molecular weight is 423 g/mol. The number of rotatable bonds is 5. The lowest BCUT2D eigenvalue weighted by atomic mass is 10.2. The number of aromatic nitrogens is 3. The van der Waals surface area contributed by atoms with Crippen molar-refractivity contribution in [2.45, 2.75) is 20.0 Å². The van der Waals surface area contributed by atoms with Gasteiger partial charge in [0, 0.05) is 40.0 Å². The molecule has 4 aromatic rings. The Kier molecular flexibility index (Phi) is 4.81. The molecular weight excluding hydrogens is 404 g/mol. The monoisotopic (exact) mass is 422 g/mol. The summed E-state index contributed by atoms with van der Waals surface area (Å²) in [6.07, 6.45) is 3.64. The number of nitrogens with one attached hydrogen (secondary N) is 1. The zero-order chi connectivity index (χ0) is 18.8. The van der Waals surface area contributed by atoms with Gasteiger partial charge in [0.15, 0.2) is 0 Å². The van der Waals surface area contributed by atoms with Crippen molar-refractivity contribution >= 4 is 32.7 Å². The molecule has 0 fully saturated rings. The van der Waals surface area contributed by atoms with Gasteiger partial charge in [-0.1, -0.05) is 36.4 Å². The Balaban J connectivity index is 1.52. The lowest BCUT2D eigenvalue weighted by Crippen LogP contribution is -2.28. The van der Waals surface area contributed by atoms with Crippen LogP contribution in [0, 0.1) is 6.92 Å². The summed E-state index contributed by atoms with van der Waals surface area (Å²) in [6.45, 7) is 2.75. The third kappa shape index (κ3) is 3.40. The number of hydrogen-bond acceptors (Lipinski definition) is 2. The molecule has 1 N–H and O–H groups in total. The molecule has 0 aliphatic carbocycles. The predicted octanol–water partition coefficient (Wildman–Crippen LogP) is 4.21. The molecule has 0 bridgehead atoms. The van der Waals surface area contributed by atoms with Gasteiger partial charge in [0.25, 0.3) is 0 Å². The van der Waals surface area contributed by atoms with Crippen molar-refractivity contribution < 1.29 is 4.79 Å². The van der Waals surface area contributed by atoms with E-state index in [1.807, 2.05) is 70.9 Å². The molecule has 27 heavy (non-hydrogen) atoms. The summed E-state index contributed by atoms with van der Waals surface area (Å²) in [7, 11) is 0. The van der Waals surface area contributed by atoms with Crippen molar-refractivity contribution in [2.75, 3.05) is 0 Å². The van der Waals surface area contributed by atoms with E-state index in [0.717, 1.165) is 32.3 Å². The van der Waals surface area contributed by atoms with Crippen LogP contribution in [0.1, 0.15) is 11.3 Å². The molecule has 0 spiro atoms. The van der Waals surface area contributed by atoms with Crippen LogP contribution in [0.2, 0.25) is 0 Å². The lowest BCUT2D eigenvalue weighted by molar-refractivity contribution is -0.121. The molecule has 6 heteroatoms. The van der Waals surface area contributed by atoms with Crippen LogP contribution >= 0.6 is 15.9 Å². The fourth-order valence-corrected chi connectivity index (χ4v) is 3.83. The highest BCUT2D eigenvalue weighted by atomic mass is 79.9. The number of fused-ring (bicyclic) bond motifs is 1. The standard InChI is InChI=1S/C21H19BrN4O/c1-15-21(22)17-8-3-5-10-19(17)25(15)14-20(27)23-13-16-7-2-4-9-18(16)26-12-6-11-24-26/h2-12H,13-14H2,1H3,(H,23,27). The summed E-state index contributed by atoms with van der Waals surface area (Å²) in [5, 5.41) is 8.44. The van der Waals surface area contributed by atoms with E-state index in [2.05, 4.69) is 32.4 Å². The number of para-hydroxylation sites is 2. The Hall–Kier alpha value is -2.86. The Labute approximate surface area is 165 Å². The topological polar surface area (TPSA) is 51.9 Å². The van der Waals surface area contributed by atoms with Crippen LogP contribution in [0.15, 0.2) is 71.5 Å². The highest BCUT2D eigenvalue weighted by molar-refractivity contribution is 9.10. The smallest absolute Gasteiger partial charge is 0.240 e. The van der Waals surface area contributed by atoms with E-state index in [4.69, 9.17) is 0 Å². The maximum absolute atomic E-state index is 12.6. The molecule has 2 heterocycles. The molecule has 0 unspecified atom stereocenters.